The van der Waals surface area contributed by atoms with Crippen molar-refractivity contribution < 1.29 is 19.8 Å². The highest BCUT2D eigenvalue weighted by Crippen LogP contribution is 2.51. The normalized spacial score (nSPS) is 17.4. The molecule has 4 aromatic rings. The first-order valence-electron chi connectivity index (χ1n) is 20.6. The van der Waals surface area contributed by atoms with Crippen molar-refractivity contribution in [2.45, 2.75) is 109 Å². The molecule has 4 aromatic carbocycles. The fourth-order valence-electron chi connectivity index (χ4n) is 8.70. The fourth-order valence-corrected chi connectivity index (χ4v) is 9.01. The van der Waals surface area contributed by atoms with Crippen LogP contribution in [-0.4, -0.2) is 41.0 Å². The lowest BCUT2D eigenvalue weighted by Gasteiger charge is -2.28. The Kier molecular flexibility index (Phi) is 13.6. The number of aliphatic carboxylic acids is 2. The summed E-state index contributed by atoms with van der Waals surface area (Å²) in [7, 11) is 0. The third kappa shape index (κ3) is 9.61. The summed E-state index contributed by atoms with van der Waals surface area (Å²) in [6.07, 6.45) is 16.7. The van der Waals surface area contributed by atoms with Gasteiger partial charge in [-0.3, -0.25) is 14.6 Å². The smallest absolute Gasteiger partial charge is 0.303 e. The highest BCUT2D eigenvalue weighted by atomic mass is 35.5. The van der Waals surface area contributed by atoms with Crippen molar-refractivity contribution in [3.05, 3.63) is 136 Å². The molecule has 7 heteroatoms. The molecule has 0 aromatic heterocycles. The number of allylic oxidation sites excluding steroid dienone is 8. The largest absolute Gasteiger partial charge is 0.481 e. The van der Waals surface area contributed by atoms with Gasteiger partial charge in [0.2, 0.25) is 0 Å². The van der Waals surface area contributed by atoms with Gasteiger partial charge in [0.05, 0.1) is 0 Å². The fraction of sp³-hybridized carbons (Fsp3) is 0.380. The Balaban J connectivity index is 1.32. The van der Waals surface area contributed by atoms with Crippen molar-refractivity contribution in [1.29, 1.82) is 0 Å². The summed E-state index contributed by atoms with van der Waals surface area (Å²) < 4.78 is 0. The van der Waals surface area contributed by atoms with Gasteiger partial charge in [-0.25, -0.2) is 0 Å². The van der Waals surface area contributed by atoms with Crippen LogP contribution in [0.3, 0.4) is 0 Å². The molecular weight excluding hydrogens is 728 g/mol. The van der Waals surface area contributed by atoms with Crippen molar-refractivity contribution in [3.63, 3.8) is 0 Å². The SMILES string of the molecule is CC(C)(C(/C=C/C1=C(Cl)C(=C/C=C2/N(CCCCCC(=O)O)c3ccc4ccccc4c3C2(C)C)/CCC1)=N/CCCCCC(=O)O)c1cccc2ccccc12. The standard InChI is InChI=1S/C50H57ClN2O4/c1-49(2,41-24-16-19-35-17-9-11-22-39(35)41)43(52-33-13-5-7-25-45(54)55)31-28-37-20-15-21-38(48(37)51)29-32-44-50(3,4)47-40-23-12-10-18-36(40)27-30-42(47)53(44)34-14-6-8-26-46(56)57/h9-12,16-19,22-24,27-32H,5-8,13-15,20-21,25-26,33-34H2,1-4H3,(H,54,55)(H,56,57)/b31-28+,38-29+,44-32+,52-43+. The van der Waals surface area contributed by atoms with Crippen molar-refractivity contribution in [2.24, 2.45) is 4.99 Å². The average Bonchev–Trinajstić information content (AvgIpc) is 3.41. The Hall–Kier alpha value is -4.94. The number of carbonyl (C=O) groups is 2. The Morgan fingerprint density at radius 2 is 1.44 bits per heavy atom. The van der Waals surface area contributed by atoms with Crippen LogP contribution in [0.15, 0.2) is 130 Å². The van der Waals surface area contributed by atoms with E-state index in [1.54, 1.807) is 0 Å². The van der Waals surface area contributed by atoms with E-state index in [1.807, 2.05) is 0 Å². The highest BCUT2D eigenvalue weighted by molar-refractivity contribution is 6.32. The molecule has 0 fully saturated rings. The van der Waals surface area contributed by atoms with E-state index >= 15 is 0 Å². The van der Waals surface area contributed by atoms with Crippen LogP contribution in [0.5, 0.6) is 0 Å². The molecule has 57 heavy (non-hydrogen) atoms. The number of carboxylic acid groups (broad SMARTS) is 2. The molecule has 0 bridgehead atoms. The number of benzene rings is 4. The summed E-state index contributed by atoms with van der Waals surface area (Å²) in [6, 6.07) is 28.0. The van der Waals surface area contributed by atoms with Gasteiger partial charge in [0.25, 0.3) is 0 Å². The van der Waals surface area contributed by atoms with Crippen molar-refractivity contribution in [3.8, 4) is 0 Å². The van der Waals surface area contributed by atoms with Crippen LogP contribution in [0.4, 0.5) is 5.69 Å². The maximum absolute atomic E-state index is 11.2. The predicted molar refractivity (Wildman–Crippen MR) is 238 cm³/mol. The second-order valence-corrected chi connectivity index (χ2v) is 16.9. The quantitative estimate of drug-likeness (QED) is 0.0822. The van der Waals surface area contributed by atoms with E-state index in [-0.39, 0.29) is 18.3 Å². The number of hydrogen-bond donors (Lipinski definition) is 2. The van der Waals surface area contributed by atoms with Gasteiger partial charge in [0.15, 0.2) is 0 Å². The Labute approximate surface area is 343 Å². The van der Waals surface area contributed by atoms with Gasteiger partial charge in [-0.15, -0.1) is 0 Å². The van der Waals surface area contributed by atoms with Gasteiger partial charge in [0.1, 0.15) is 0 Å². The summed E-state index contributed by atoms with van der Waals surface area (Å²) in [4.78, 5) is 29.9. The van der Waals surface area contributed by atoms with E-state index in [4.69, 9.17) is 21.7 Å². The second kappa shape index (κ2) is 18.5. The van der Waals surface area contributed by atoms with Gasteiger partial charge >= 0.3 is 11.9 Å². The maximum atomic E-state index is 11.2. The van der Waals surface area contributed by atoms with Gasteiger partial charge in [-0.1, -0.05) is 137 Å². The van der Waals surface area contributed by atoms with Crippen LogP contribution in [0.1, 0.15) is 109 Å². The number of fused-ring (bicyclic) bond motifs is 4. The molecule has 0 atom stereocenters. The first-order chi connectivity index (χ1) is 27.4. The van der Waals surface area contributed by atoms with Crippen molar-refractivity contribution in [2.75, 3.05) is 18.0 Å². The third-order valence-electron chi connectivity index (χ3n) is 11.8. The summed E-state index contributed by atoms with van der Waals surface area (Å²) in [5.74, 6) is -1.50. The number of carboxylic acids is 2. The predicted octanol–water partition coefficient (Wildman–Crippen LogP) is 12.8. The number of anilines is 1. The lowest BCUT2D eigenvalue weighted by Crippen LogP contribution is -2.28. The van der Waals surface area contributed by atoms with E-state index in [2.05, 4.69) is 136 Å². The van der Waals surface area contributed by atoms with Crippen LogP contribution >= 0.6 is 11.6 Å². The number of rotatable bonds is 17. The van der Waals surface area contributed by atoms with E-state index in [1.165, 1.54) is 44.1 Å². The highest BCUT2D eigenvalue weighted by Gasteiger charge is 2.41. The monoisotopic (exact) mass is 784 g/mol. The van der Waals surface area contributed by atoms with E-state index < -0.39 is 17.4 Å². The van der Waals surface area contributed by atoms with Crippen LogP contribution in [0.2, 0.25) is 0 Å². The minimum atomic E-state index is -0.755. The molecule has 1 aliphatic carbocycles. The average molecular weight is 785 g/mol. The Morgan fingerprint density at radius 1 is 0.789 bits per heavy atom. The molecule has 0 spiro atoms. The number of halogens is 1. The van der Waals surface area contributed by atoms with Gasteiger partial charge in [-0.05, 0) is 107 Å². The molecule has 0 unspecified atom stereocenters. The van der Waals surface area contributed by atoms with Crippen LogP contribution in [0, 0.1) is 0 Å². The molecule has 2 N–H and O–H groups in total. The topological polar surface area (TPSA) is 90.2 Å². The van der Waals surface area contributed by atoms with Crippen molar-refractivity contribution in [1.82, 2.24) is 0 Å². The number of hydrogen-bond acceptors (Lipinski definition) is 4. The van der Waals surface area contributed by atoms with E-state index in [0.29, 0.717) is 19.4 Å². The van der Waals surface area contributed by atoms with Crippen LogP contribution < -0.4 is 4.90 Å². The van der Waals surface area contributed by atoms with Crippen molar-refractivity contribution >= 4 is 56.5 Å². The first-order valence-corrected chi connectivity index (χ1v) is 21.0. The van der Waals surface area contributed by atoms with Gasteiger partial charge in [0, 0.05) is 58.9 Å². The zero-order valence-electron chi connectivity index (χ0n) is 34.0. The Morgan fingerprint density at radius 3 is 2.16 bits per heavy atom. The second-order valence-electron chi connectivity index (χ2n) is 16.6. The minimum absolute atomic E-state index is 0.186. The van der Waals surface area contributed by atoms with E-state index in [0.717, 1.165) is 73.4 Å². The molecule has 2 aliphatic rings. The van der Waals surface area contributed by atoms with Crippen LogP contribution in [-0.2, 0) is 20.4 Å². The van der Waals surface area contributed by atoms with E-state index in [9.17, 15) is 14.7 Å². The first kappa shape index (κ1) is 41.7. The molecule has 6 rings (SSSR count). The summed E-state index contributed by atoms with van der Waals surface area (Å²) in [5.41, 5.74) is 7.53. The Bertz CT molecular complexity index is 2270. The molecule has 0 saturated heterocycles. The number of nitrogens with zero attached hydrogens (tertiary/aromatic N) is 2. The molecular formula is C50H57ClN2O4. The summed E-state index contributed by atoms with van der Waals surface area (Å²) >= 11 is 7.31. The summed E-state index contributed by atoms with van der Waals surface area (Å²) in [6.45, 7) is 10.5. The molecule has 298 valence electrons. The number of unbranched alkanes of at least 4 members (excludes halogenated alkanes) is 4. The maximum Gasteiger partial charge on any atom is 0.303 e. The summed E-state index contributed by atoms with van der Waals surface area (Å²) in [5, 5.41) is 24.0. The molecule has 0 amide bonds. The molecule has 1 aliphatic heterocycles. The number of aliphatic imine (C=N–C) groups is 1. The molecule has 0 saturated carbocycles. The minimum Gasteiger partial charge on any atom is -0.481 e. The molecule has 6 nitrogen and oxygen atoms in total. The lowest BCUT2D eigenvalue weighted by atomic mass is 9.77. The molecule has 1 heterocycles. The van der Waals surface area contributed by atoms with Gasteiger partial charge < -0.3 is 15.1 Å². The lowest BCUT2D eigenvalue weighted by molar-refractivity contribution is -0.138. The zero-order chi connectivity index (χ0) is 40.6. The van der Waals surface area contributed by atoms with Gasteiger partial charge in [-0.2, -0.15) is 0 Å². The third-order valence-corrected chi connectivity index (χ3v) is 12.3. The van der Waals surface area contributed by atoms with Crippen LogP contribution in [0.25, 0.3) is 21.5 Å². The molecule has 0 radical (unpaired) electrons. The zero-order valence-corrected chi connectivity index (χ0v) is 34.7.